The maximum absolute atomic E-state index is 11.6. The van der Waals surface area contributed by atoms with Crippen LogP contribution >= 0.6 is 0 Å². The van der Waals surface area contributed by atoms with Crippen molar-refractivity contribution in [2.24, 2.45) is 46.3 Å². The van der Waals surface area contributed by atoms with Crippen LogP contribution in [0, 0.1) is 46.3 Å². The molecule has 10 atom stereocenters. The second-order valence-electron chi connectivity index (χ2n) is 12.9. The molecule has 0 heterocycles. The van der Waals surface area contributed by atoms with E-state index < -0.39 is 17.8 Å². The van der Waals surface area contributed by atoms with Gasteiger partial charge in [-0.1, -0.05) is 53.9 Å². The number of aliphatic hydroxyl groups excluding tert-OH is 2. The third-order valence-electron chi connectivity index (χ3n) is 11.0. The average Bonchev–Trinajstić information content (AvgIpc) is 3.01. The molecule has 4 fully saturated rings. The summed E-state index contributed by atoms with van der Waals surface area (Å²) in [6, 6.07) is 0. The topological polar surface area (TPSA) is 60.7 Å². The van der Waals surface area contributed by atoms with Gasteiger partial charge >= 0.3 is 0 Å². The highest BCUT2D eigenvalue weighted by molar-refractivity contribution is 5.17. The van der Waals surface area contributed by atoms with Crippen LogP contribution in [0.2, 0.25) is 0 Å². The summed E-state index contributed by atoms with van der Waals surface area (Å²) in [6.07, 6.45) is 10.7. The van der Waals surface area contributed by atoms with Crippen LogP contribution in [0.4, 0.5) is 0 Å². The molecule has 3 nitrogen and oxygen atoms in total. The van der Waals surface area contributed by atoms with E-state index in [0.717, 1.165) is 37.0 Å². The van der Waals surface area contributed by atoms with Crippen molar-refractivity contribution in [3.05, 3.63) is 0 Å². The third kappa shape index (κ3) is 3.41. The molecular weight excluding hydrogens is 372 g/mol. The number of fused-ring (bicyclic) bond motifs is 5. The van der Waals surface area contributed by atoms with E-state index in [1.54, 1.807) is 0 Å². The summed E-state index contributed by atoms with van der Waals surface area (Å²) >= 11 is 0. The van der Waals surface area contributed by atoms with Gasteiger partial charge < -0.3 is 15.3 Å². The molecule has 174 valence electrons. The summed E-state index contributed by atoms with van der Waals surface area (Å²) < 4.78 is 0. The summed E-state index contributed by atoms with van der Waals surface area (Å²) in [5.41, 5.74) is -0.962. The highest BCUT2D eigenvalue weighted by Gasteiger charge is 2.67. The van der Waals surface area contributed by atoms with E-state index in [4.69, 9.17) is 0 Å². The molecule has 0 saturated heterocycles. The molecule has 0 amide bonds. The molecule has 0 aliphatic heterocycles. The van der Waals surface area contributed by atoms with Crippen molar-refractivity contribution < 1.29 is 15.3 Å². The van der Waals surface area contributed by atoms with Gasteiger partial charge in [0.25, 0.3) is 0 Å². The number of hydrogen-bond donors (Lipinski definition) is 3. The van der Waals surface area contributed by atoms with Gasteiger partial charge in [-0.05, 0) is 85.9 Å². The average molecular weight is 421 g/mol. The predicted octanol–water partition coefficient (Wildman–Crippen LogP) is 5.55. The van der Waals surface area contributed by atoms with Gasteiger partial charge in [0, 0.05) is 11.8 Å². The molecule has 0 bridgehead atoms. The van der Waals surface area contributed by atoms with E-state index in [1.807, 2.05) is 0 Å². The Morgan fingerprint density at radius 2 is 1.63 bits per heavy atom. The largest absolute Gasteiger partial charge is 0.393 e. The Morgan fingerprint density at radius 3 is 2.33 bits per heavy atom. The molecule has 30 heavy (non-hydrogen) atoms. The molecule has 4 aliphatic carbocycles. The highest BCUT2D eigenvalue weighted by atomic mass is 16.3. The molecule has 3 heteroatoms. The Balaban J connectivity index is 1.53. The molecule has 0 unspecified atom stereocenters. The first-order valence-electron chi connectivity index (χ1n) is 13.1. The van der Waals surface area contributed by atoms with E-state index in [1.165, 1.54) is 44.9 Å². The number of aliphatic hydroxyl groups is 3. The van der Waals surface area contributed by atoms with Crippen LogP contribution in [-0.2, 0) is 0 Å². The maximum atomic E-state index is 11.6. The summed E-state index contributed by atoms with van der Waals surface area (Å²) in [5.74, 6) is 4.13. The van der Waals surface area contributed by atoms with Gasteiger partial charge in [0.05, 0.1) is 17.8 Å². The van der Waals surface area contributed by atoms with Crippen LogP contribution in [0.5, 0.6) is 0 Å². The fraction of sp³-hybridized carbons (Fsp3) is 1.00. The SMILES string of the molecule is CC(C)CCC[C@@H](C)[C@H]1CC[C@H]2[C@@H]3C[C@H](O)[C@]4(O)C[C@@H](O)CC[C@]4(C)[C@H]3CC[C@]12C. The standard InChI is InChI=1S/C27H48O3/c1-17(2)7-6-8-18(3)21-9-10-22-20-15-24(29)27(30)16-19(28)11-14-26(27,5)23(20)12-13-25(21,22)4/h17-24,28-30H,6-16H2,1-5H3/t18-,19+,20+,21-,22+,23+,24+,25-,26-,27-/m1/s1. The molecule has 0 aromatic rings. The van der Waals surface area contributed by atoms with Crippen molar-refractivity contribution in [2.75, 3.05) is 0 Å². The highest BCUT2D eigenvalue weighted by Crippen LogP contribution is 2.69. The van der Waals surface area contributed by atoms with Crippen LogP contribution in [0.25, 0.3) is 0 Å². The van der Waals surface area contributed by atoms with Crippen LogP contribution in [0.1, 0.15) is 105 Å². The lowest BCUT2D eigenvalue weighted by Gasteiger charge is -2.65. The second-order valence-corrected chi connectivity index (χ2v) is 12.9. The first-order chi connectivity index (χ1) is 14.0. The zero-order chi connectivity index (χ0) is 21.9. The Bertz CT molecular complexity index is 619. The lowest BCUT2D eigenvalue weighted by molar-refractivity contribution is -0.264. The first-order valence-corrected chi connectivity index (χ1v) is 13.1. The van der Waals surface area contributed by atoms with Gasteiger partial charge in [-0.25, -0.2) is 0 Å². The molecule has 0 radical (unpaired) electrons. The van der Waals surface area contributed by atoms with Gasteiger partial charge in [0.1, 0.15) is 0 Å². The Labute approximate surface area is 185 Å². The minimum absolute atomic E-state index is 0.253. The van der Waals surface area contributed by atoms with Crippen molar-refractivity contribution in [3.63, 3.8) is 0 Å². The molecule has 4 rings (SSSR count). The molecule has 0 aromatic heterocycles. The summed E-state index contributed by atoms with van der Waals surface area (Å²) in [4.78, 5) is 0. The second kappa shape index (κ2) is 8.03. The van der Waals surface area contributed by atoms with Crippen LogP contribution in [-0.4, -0.2) is 33.1 Å². The molecular formula is C27H48O3. The van der Waals surface area contributed by atoms with Crippen molar-refractivity contribution in [1.82, 2.24) is 0 Å². The van der Waals surface area contributed by atoms with E-state index in [0.29, 0.717) is 29.6 Å². The predicted molar refractivity (Wildman–Crippen MR) is 122 cm³/mol. The van der Waals surface area contributed by atoms with Crippen molar-refractivity contribution >= 4 is 0 Å². The minimum atomic E-state index is -1.11. The Morgan fingerprint density at radius 1 is 0.900 bits per heavy atom. The van der Waals surface area contributed by atoms with Gasteiger partial charge in [-0.3, -0.25) is 0 Å². The summed E-state index contributed by atoms with van der Waals surface area (Å²) in [7, 11) is 0. The lowest BCUT2D eigenvalue weighted by Crippen LogP contribution is -2.68. The van der Waals surface area contributed by atoms with Gasteiger partial charge in [0.2, 0.25) is 0 Å². The lowest BCUT2D eigenvalue weighted by atomic mass is 9.42. The van der Waals surface area contributed by atoms with Crippen LogP contribution < -0.4 is 0 Å². The van der Waals surface area contributed by atoms with Crippen molar-refractivity contribution in [3.8, 4) is 0 Å². The molecule has 4 aliphatic rings. The summed E-state index contributed by atoms with van der Waals surface area (Å²) in [6.45, 7) is 12.0. The normalized spacial score (nSPS) is 51.9. The number of rotatable bonds is 5. The van der Waals surface area contributed by atoms with E-state index >= 15 is 0 Å². The quantitative estimate of drug-likeness (QED) is 0.546. The summed E-state index contributed by atoms with van der Waals surface area (Å²) in [5, 5.41) is 33.0. The minimum Gasteiger partial charge on any atom is -0.393 e. The molecule has 0 spiro atoms. The molecule has 3 N–H and O–H groups in total. The van der Waals surface area contributed by atoms with E-state index in [2.05, 4.69) is 34.6 Å². The fourth-order valence-corrected chi connectivity index (χ4v) is 9.29. The Kier molecular flexibility index (Phi) is 6.17. The van der Waals surface area contributed by atoms with Crippen LogP contribution in [0.15, 0.2) is 0 Å². The monoisotopic (exact) mass is 420 g/mol. The van der Waals surface area contributed by atoms with Crippen molar-refractivity contribution in [1.29, 1.82) is 0 Å². The first kappa shape index (κ1) is 23.1. The zero-order valence-corrected chi connectivity index (χ0v) is 20.2. The van der Waals surface area contributed by atoms with Gasteiger partial charge in [-0.2, -0.15) is 0 Å². The Hall–Kier alpha value is -0.120. The fourth-order valence-electron chi connectivity index (χ4n) is 9.29. The van der Waals surface area contributed by atoms with E-state index in [9.17, 15) is 15.3 Å². The third-order valence-corrected chi connectivity index (χ3v) is 11.0. The van der Waals surface area contributed by atoms with Gasteiger partial charge in [0.15, 0.2) is 0 Å². The van der Waals surface area contributed by atoms with Crippen molar-refractivity contribution in [2.45, 2.75) is 123 Å². The van der Waals surface area contributed by atoms with Gasteiger partial charge in [-0.15, -0.1) is 0 Å². The van der Waals surface area contributed by atoms with Crippen LogP contribution in [0.3, 0.4) is 0 Å². The molecule has 0 aromatic carbocycles. The zero-order valence-electron chi connectivity index (χ0n) is 20.2. The number of hydrogen-bond acceptors (Lipinski definition) is 3. The molecule has 4 saturated carbocycles. The smallest absolute Gasteiger partial charge is 0.0985 e. The maximum Gasteiger partial charge on any atom is 0.0985 e. The van der Waals surface area contributed by atoms with E-state index in [-0.39, 0.29) is 5.41 Å².